The van der Waals surface area contributed by atoms with Crippen molar-refractivity contribution in [3.63, 3.8) is 0 Å². The van der Waals surface area contributed by atoms with Crippen molar-refractivity contribution in [3.05, 3.63) is 35.9 Å². The second kappa shape index (κ2) is 6.58. The van der Waals surface area contributed by atoms with E-state index in [1.165, 1.54) is 0 Å². The van der Waals surface area contributed by atoms with Crippen LogP contribution < -0.4 is 5.32 Å². The highest BCUT2D eigenvalue weighted by molar-refractivity contribution is 5.72. The van der Waals surface area contributed by atoms with E-state index in [0.29, 0.717) is 13.2 Å². The van der Waals surface area contributed by atoms with E-state index < -0.39 is 0 Å². The van der Waals surface area contributed by atoms with Gasteiger partial charge in [-0.25, -0.2) is 0 Å². The first-order valence-electron chi connectivity index (χ1n) is 7.53. The molecule has 4 nitrogen and oxygen atoms in total. The van der Waals surface area contributed by atoms with Crippen molar-refractivity contribution in [2.75, 3.05) is 6.54 Å². The maximum Gasteiger partial charge on any atom is 0.310 e. The number of hydrogen-bond acceptors (Lipinski definition) is 4. The van der Waals surface area contributed by atoms with Gasteiger partial charge in [0.05, 0.1) is 12.0 Å². The van der Waals surface area contributed by atoms with Crippen molar-refractivity contribution >= 4 is 5.97 Å². The van der Waals surface area contributed by atoms with E-state index in [-0.39, 0.29) is 29.4 Å². The number of carbonyl (C=O) groups excluding carboxylic acids is 1. The third-order valence-corrected chi connectivity index (χ3v) is 4.51. The van der Waals surface area contributed by atoms with E-state index in [1.54, 1.807) is 0 Å². The summed E-state index contributed by atoms with van der Waals surface area (Å²) >= 11 is 0. The summed E-state index contributed by atoms with van der Waals surface area (Å²) in [7, 11) is 0. The van der Waals surface area contributed by atoms with Crippen LogP contribution in [0.1, 0.15) is 32.8 Å². The molecule has 116 valence electrons. The van der Waals surface area contributed by atoms with Gasteiger partial charge < -0.3 is 15.2 Å². The largest absolute Gasteiger partial charge is 0.461 e. The molecule has 0 bridgehead atoms. The Balaban J connectivity index is 1.71. The van der Waals surface area contributed by atoms with Crippen molar-refractivity contribution in [1.82, 2.24) is 5.32 Å². The Morgan fingerprint density at radius 1 is 1.43 bits per heavy atom. The van der Waals surface area contributed by atoms with Gasteiger partial charge in [-0.05, 0) is 12.0 Å². The van der Waals surface area contributed by atoms with Gasteiger partial charge in [-0.15, -0.1) is 0 Å². The predicted octanol–water partition coefficient (Wildman–Crippen LogP) is 2.11. The van der Waals surface area contributed by atoms with Crippen LogP contribution in [-0.4, -0.2) is 29.8 Å². The highest BCUT2D eigenvalue weighted by atomic mass is 16.5. The monoisotopic (exact) mass is 291 g/mol. The fourth-order valence-corrected chi connectivity index (χ4v) is 2.52. The summed E-state index contributed by atoms with van der Waals surface area (Å²) in [5, 5.41) is 13.1. The van der Waals surface area contributed by atoms with Crippen LogP contribution >= 0.6 is 0 Å². The van der Waals surface area contributed by atoms with Crippen LogP contribution in [0, 0.1) is 11.3 Å². The van der Waals surface area contributed by atoms with Gasteiger partial charge in [-0.1, -0.05) is 51.1 Å². The van der Waals surface area contributed by atoms with Gasteiger partial charge in [0.25, 0.3) is 0 Å². The Morgan fingerprint density at radius 2 is 2.10 bits per heavy atom. The third kappa shape index (κ3) is 3.83. The number of carbonyl (C=O) groups is 1. The molecule has 1 aromatic carbocycles. The third-order valence-electron chi connectivity index (χ3n) is 4.51. The Kier molecular flexibility index (Phi) is 5.01. The molecule has 4 heteroatoms. The molecule has 3 atom stereocenters. The second-order valence-corrected chi connectivity index (χ2v) is 6.53. The minimum atomic E-state index is -0.254. The first kappa shape index (κ1) is 16.0. The molecule has 1 saturated carbocycles. The number of nitrogens with one attached hydrogen (secondary N) is 1. The summed E-state index contributed by atoms with van der Waals surface area (Å²) in [5.41, 5.74) is 0.877. The van der Waals surface area contributed by atoms with Crippen LogP contribution in [0.25, 0.3) is 0 Å². The van der Waals surface area contributed by atoms with Gasteiger partial charge in [0.15, 0.2) is 0 Å². The molecule has 1 aromatic rings. The number of aliphatic hydroxyl groups is 1. The van der Waals surface area contributed by atoms with Crippen molar-refractivity contribution in [1.29, 1.82) is 0 Å². The molecule has 1 aliphatic rings. The van der Waals surface area contributed by atoms with Crippen LogP contribution in [0.2, 0.25) is 0 Å². The lowest BCUT2D eigenvalue weighted by atomic mass is 9.64. The van der Waals surface area contributed by atoms with Gasteiger partial charge >= 0.3 is 5.97 Å². The zero-order valence-electron chi connectivity index (χ0n) is 13.0. The Morgan fingerprint density at radius 3 is 2.67 bits per heavy atom. The summed E-state index contributed by atoms with van der Waals surface area (Å²) < 4.78 is 5.32. The standard InChI is InChI=1S/C17H25NO3/c1-12(10-18-14-9-15(19)17(14,2)3)16(20)21-11-13-7-5-4-6-8-13/h4-8,12,14-15,18-19H,9-11H2,1-3H3. The molecule has 21 heavy (non-hydrogen) atoms. The molecule has 0 radical (unpaired) electrons. The number of esters is 1. The van der Waals surface area contributed by atoms with Gasteiger partial charge in [0, 0.05) is 18.0 Å². The Hall–Kier alpha value is -1.39. The first-order chi connectivity index (χ1) is 9.91. The van der Waals surface area contributed by atoms with E-state index in [4.69, 9.17) is 4.74 Å². The average molecular weight is 291 g/mol. The van der Waals surface area contributed by atoms with Gasteiger partial charge in [-0.3, -0.25) is 4.79 Å². The van der Waals surface area contributed by atoms with Crippen molar-refractivity contribution in [2.45, 2.75) is 45.9 Å². The van der Waals surface area contributed by atoms with E-state index in [1.807, 2.05) is 51.1 Å². The fourth-order valence-electron chi connectivity index (χ4n) is 2.52. The summed E-state index contributed by atoms with van der Waals surface area (Å²) in [6.45, 7) is 6.84. The fraction of sp³-hybridized carbons (Fsp3) is 0.588. The molecular formula is C17H25NO3. The normalized spacial score (nSPS) is 25.0. The molecule has 1 fully saturated rings. The molecule has 0 spiro atoms. The molecule has 2 N–H and O–H groups in total. The second-order valence-electron chi connectivity index (χ2n) is 6.53. The van der Waals surface area contributed by atoms with Gasteiger partial charge in [0.1, 0.15) is 6.61 Å². The smallest absolute Gasteiger partial charge is 0.310 e. The molecule has 2 rings (SSSR count). The number of hydrogen-bond donors (Lipinski definition) is 2. The van der Waals surface area contributed by atoms with Gasteiger partial charge in [-0.2, -0.15) is 0 Å². The van der Waals surface area contributed by atoms with Gasteiger partial charge in [0.2, 0.25) is 0 Å². The summed E-state index contributed by atoms with van der Waals surface area (Å²) in [4.78, 5) is 11.9. The number of benzene rings is 1. The van der Waals surface area contributed by atoms with E-state index in [2.05, 4.69) is 5.32 Å². The predicted molar refractivity (Wildman–Crippen MR) is 81.6 cm³/mol. The highest BCUT2D eigenvalue weighted by Crippen LogP contribution is 2.40. The van der Waals surface area contributed by atoms with Crippen LogP contribution in [0.3, 0.4) is 0 Å². The quantitative estimate of drug-likeness (QED) is 0.788. The zero-order chi connectivity index (χ0) is 15.5. The molecule has 0 aromatic heterocycles. The lowest BCUT2D eigenvalue weighted by Crippen LogP contribution is -2.60. The number of rotatable bonds is 6. The SMILES string of the molecule is CC(CNC1CC(O)C1(C)C)C(=O)OCc1ccccc1. The number of ether oxygens (including phenoxy) is 1. The molecule has 1 aliphatic carbocycles. The first-order valence-corrected chi connectivity index (χ1v) is 7.53. The Labute approximate surface area is 126 Å². The van der Waals surface area contributed by atoms with Crippen LogP contribution in [0.4, 0.5) is 0 Å². The average Bonchev–Trinajstić information content (AvgIpc) is 2.49. The molecular weight excluding hydrogens is 266 g/mol. The van der Waals surface area contributed by atoms with E-state index in [0.717, 1.165) is 12.0 Å². The van der Waals surface area contributed by atoms with E-state index >= 15 is 0 Å². The minimum Gasteiger partial charge on any atom is -0.461 e. The van der Waals surface area contributed by atoms with Crippen molar-refractivity contribution < 1.29 is 14.6 Å². The maximum atomic E-state index is 11.9. The summed E-state index contributed by atoms with van der Waals surface area (Å²) in [5.74, 6) is -0.383. The summed E-state index contributed by atoms with van der Waals surface area (Å²) in [6.07, 6.45) is 0.494. The molecule has 0 saturated heterocycles. The molecule has 0 heterocycles. The van der Waals surface area contributed by atoms with E-state index in [9.17, 15) is 9.90 Å². The van der Waals surface area contributed by atoms with Crippen LogP contribution in [-0.2, 0) is 16.1 Å². The lowest BCUT2D eigenvalue weighted by molar-refractivity contribution is -0.149. The molecule has 0 amide bonds. The van der Waals surface area contributed by atoms with Crippen LogP contribution in [0.15, 0.2) is 30.3 Å². The molecule has 0 aliphatic heterocycles. The minimum absolute atomic E-state index is 0.117. The zero-order valence-corrected chi connectivity index (χ0v) is 13.0. The lowest BCUT2D eigenvalue weighted by Gasteiger charge is -2.50. The van der Waals surface area contributed by atoms with Crippen LogP contribution in [0.5, 0.6) is 0 Å². The topological polar surface area (TPSA) is 58.6 Å². The molecule has 3 unspecified atom stereocenters. The summed E-state index contributed by atoms with van der Waals surface area (Å²) in [6, 6.07) is 9.93. The van der Waals surface area contributed by atoms with Crippen molar-refractivity contribution in [2.24, 2.45) is 11.3 Å². The Bertz CT molecular complexity index is 472. The number of aliphatic hydroxyl groups excluding tert-OH is 1. The van der Waals surface area contributed by atoms with Crippen molar-refractivity contribution in [3.8, 4) is 0 Å². The maximum absolute atomic E-state index is 11.9. The highest BCUT2D eigenvalue weighted by Gasteiger charge is 2.47.